The summed E-state index contributed by atoms with van der Waals surface area (Å²) in [6.45, 7) is 0.577. The summed E-state index contributed by atoms with van der Waals surface area (Å²) in [4.78, 5) is 80.3. The summed E-state index contributed by atoms with van der Waals surface area (Å²) in [5, 5.41) is 23.2. The number of amides is 5. The number of carbonyl (C=O) groups is 5. The minimum absolute atomic E-state index is 0.0280. The molecule has 3 aromatic rings. The van der Waals surface area contributed by atoms with Crippen LogP contribution in [-0.2, 0) is 36.8 Å². The third-order valence-electron chi connectivity index (χ3n) is 9.87. The van der Waals surface area contributed by atoms with Gasteiger partial charge in [0, 0.05) is 32.5 Å². The third-order valence-corrected chi connectivity index (χ3v) is 9.87. The molecule has 0 unspecified atom stereocenters. The second-order valence-corrected chi connectivity index (χ2v) is 14.1. The van der Waals surface area contributed by atoms with Gasteiger partial charge in [0.2, 0.25) is 29.5 Å². The van der Waals surface area contributed by atoms with E-state index in [0.717, 1.165) is 16.3 Å². The van der Waals surface area contributed by atoms with Crippen molar-refractivity contribution in [3.63, 3.8) is 0 Å². The number of fused-ring (bicyclic) bond motifs is 2. The van der Waals surface area contributed by atoms with Crippen LogP contribution in [0.15, 0.2) is 76.7 Å². The normalized spacial score (nSPS) is 22.1. The Labute approximate surface area is 324 Å². The smallest absolute Gasteiger partial charge is 0.246 e. The summed E-state index contributed by atoms with van der Waals surface area (Å²) < 4.78 is 0. The van der Waals surface area contributed by atoms with Gasteiger partial charge < -0.3 is 54.2 Å². The third kappa shape index (κ3) is 11.3. The van der Waals surface area contributed by atoms with Crippen LogP contribution in [0.3, 0.4) is 0 Å². The highest BCUT2D eigenvalue weighted by molar-refractivity contribution is 5.98. The molecule has 2 saturated heterocycles. The first-order valence-electron chi connectivity index (χ1n) is 18.8. The van der Waals surface area contributed by atoms with Crippen LogP contribution >= 0.6 is 0 Å². The van der Waals surface area contributed by atoms with Crippen molar-refractivity contribution in [3.05, 3.63) is 77.9 Å². The number of aromatic hydroxyl groups is 1. The van der Waals surface area contributed by atoms with Crippen molar-refractivity contribution in [1.82, 2.24) is 26.2 Å². The lowest BCUT2D eigenvalue weighted by atomic mass is 10.00. The largest absolute Gasteiger partial charge is 0.508 e. The van der Waals surface area contributed by atoms with Gasteiger partial charge in [-0.3, -0.25) is 34.0 Å². The van der Waals surface area contributed by atoms with Crippen molar-refractivity contribution >= 4 is 52.2 Å². The zero-order chi connectivity index (χ0) is 40.2. The fourth-order valence-electron chi connectivity index (χ4n) is 7.01. The summed E-state index contributed by atoms with van der Waals surface area (Å²) >= 11 is 0. The lowest BCUT2D eigenvalue weighted by Gasteiger charge is -2.30. The Kier molecular flexibility index (Phi) is 14.0. The number of hydrogen-bond acceptors (Lipinski definition) is 8. The van der Waals surface area contributed by atoms with E-state index in [4.69, 9.17) is 22.9 Å². The van der Waals surface area contributed by atoms with Gasteiger partial charge in [-0.05, 0) is 72.6 Å². The minimum atomic E-state index is -1.17. The van der Waals surface area contributed by atoms with E-state index in [-0.39, 0.29) is 69.4 Å². The predicted octanol–water partition coefficient (Wildman–Crippen LogP) is -0.618. The van der Waals surface area contributed by atoms with Crippen molar-refractivity contribution in [3.8, 4) is 5.75 Å². The van der Waals surface area contributed by atoms with Gasteiger partial charge in [0.25, 0.3) is 0 Å². The molecule has 0 spiro atoms. The number of benzene rings is 3. The highest BCUT2D eigenvalue weighted by atomic mass is 16.3. The van der Waals surface area contributed by atoms with E-state index in [0.29, 0.717) is 24.8 Å². The first-order valence-corrected chi connectivity index (χ1v) is 18.8. The second kappa shape index (κ2) is 19.3. The fourth-order valence-corrected chi connectivity index (χ4v) is 7.01. The maximum absolute atomic E-state index is 14.4. The van der Waals surface area contributed by atoms with E-state index in [9.17, 15) is 29.1 Å². The van der Waals surface area contributed by atoms with E-state index < -0.39 is 59.7 Å². The van der Waals surface area contributed by atoms with Crippen molar-refractivity contribution in [1.29, 1.82) is 0 Å². The molecule has 2 fully saturated rings. The molecule has 2 heterocycles. The van der Waals surface area contributed by atoms with Gasteiger partial charge in [-0.25, -0.2) is 0 Å². The Morgan fingerprint density at radius 2 is 1.16 bits per heavy atom. The van der Waals surface area contributed by atoms with Crippen LogP contribution < -0.4 is 44.2 Å². The van der Waals surface area contributed by atoms with Crippen LogP contribution in [-0.4, -0.2) is 101 Å². The van der Waals surface area contributed by atoms with Crippen LogP contribution in [0.1, 0.15) is 49.7 Å². The average molecular weight is 770 g/mol. The number of nitrogens with zero attached hydrogens (tertiary/aromatic N) is 3. The van der Waals surface area contributed by atoms with Crippen molar-refractivity contribution in [2.75, 3.05) is 19.6 Å². The van der Waals surface area contributed by atoms with Crippen molar-refractivity contribution in [2.45, 2.75) is 81.6 Å². The Hall–Kier alpha value is -6.39. The molecule has 13 N–H and O–H groups in total. The molecule has 3 aromatic carbocycles. The first kappa shape index (κ1) is 40.8. The number of phenolic OH excluding ortho intramolecular Hbond substituents is 1. The molecule has 0 radical (unpaired) electrons. The Balaban J connectivity index is 1.52. The molecular weight excluding hydrogens is 718 g/mol. The van der Waals surface area contributed by atoms with Crippen LogP contribution in [0.25, 0.3) is 10.8 Å². The lowest BCUT2D eigenvalue weighted by molar-refractivity contribution is -0.142. The lowest BCUT2D eigenvalue weighted by Crippen LogP contribution is -2.58. The van der Waals surface area contributed by atoms with E-state index >= 15 is 0 Å². The van der Waals surface area contributed by atoms with Crippen LogP contribution in [0.4, 0.5) is 0 Å². The second-order valence-electron chi connectivity index (χ2n) is 14.1. The van der Waals surface area contributed by atoms with Crippen LogP contribution in [0, 0.1) is 0 Å². The molecule has 298 valence electrons. The molecule has 0 aromatic heterocycles. The number of nitrogens with one attached hydrogen (secondary N) is 4. The number of hydrogen-bond donors (Lipinski definition) is 9. The Morgan fingerprint density at radius 1 is 0.643 bits per heavy atom. The number of aliphatic imine (C=N–C) groups is 2. The van der Waals surface area contributed by atoms with Crippen molar-refractivity contribution in [2.24, 2.45) is 32.9 Å². The number of rotatable bonds is 12. The molecule has 0 bridgehead atoms. The Morgan fingerprint density at radius 3 is 1.77 bits per heavy atom. The van der Waals surface area contributed by atoms with Gasteiger partial charge >= 0.3 is 0 Å². The van der Waals surface area contributed by atoms with E-state index in [2.05, 4.69) is 31.3 Å². The number of nitrogens with two attached hydrogens (primary N) is 4. The molecule has 5 atom stereocenters. The number of carbonyl (C=O) groups excluding carboxylic acids is 5. The minimum Gasteiger partial charge on any atom is -0.508 e. The SMILES string of the molecule is NC(N)=NCCC[C@@H]1NC(=O)[C@H](Cc2ccc3ccccc3c2)NC(=O)[C@@H]2CCCN2C(=O)[C@@H](Cc2ccc(O)cc2)NC(=O)[C@H](CCCN=C(N)N)NC1=O. The summed E-state index contributed by atoms with van der Waals surface area (Å²) in [6.07, 6.45) is 1.72. The molecule has 5 amide bonds. The van der Waals surface area contributed by atoms with Crippen LogP contribution in [0.5, 0.6) is 5.75 Å². The molecule has 5 rings (SSSR count). The van der Waals surface area contributed by atoms with E-state index in [1.807, 2.05) is 42.5 Å². The number of phenols is 1. The molecule has 17 heteroatoms. The van der Waals surface area contributed by atoms with Gasteiger partial charge in [0.15, 0.2) is 11.9 Å². The maximum Gasteiger partial charge on any atom is 0.246 e. The summed E-state index contributed by atoms with van der Waals surface area (Å²) in [6, 6.07) is 14.2. The first-order chi connectivity index (χ1) is 26.9. The summed E-state index contributed by atoms with van der Waals surface area (Å²) in [5.74, 6) is -3.23. The zero-order valence-corrected chi connectivity index (χ0v) is 31.2. The van der Waals surface area contributed by atoms with Crippen molar-refractivity contribution < 1.29 is 29.1 Å². The highest BCUT2D eigenvalue weighted by Crippen LogP contribution is 2.22. The Bertz CT molecular complexity index is 1940. The molecule has 0 aliphatic carbocycles. The molecule has 2 aliphatic heterocycles. The topological polar surface area (TPSA) is 286 Å². The van der Waals surface area contributed by atoms with Gasteiger partial charge in [-0.15, -0.1) is 0 Å². The maximum atomic E-state index is 14.4. The standard InChI is InChI=1S/C39H51N11O6/c40-38(41)44-17-3-8-28-33(52)46-29(9-4-18-45-39(42)43)34(53)49-31(21-23-12-15-27(51)16-13-23)37(56)50-19-5-10-32(50)36(55)48-30(35(54)47-28)22-24-11-14-25-6-1-2-7-26(25)20-24/h1-2,6-7,11-16,20,28-32,51H,3-5,8-10,17-19,21-22H2,(H,46,52)(H,47,54)(H,48,55)(H,49,53)(H4,40,41,44)(H4,42,43,45)/t28-,29-,30-,31+,32-/m0/s1. The monoisotopic (exact) mass is 769 g/mol. The molecule has 56 heavy (non-hydrogen) atoms. The summed E-state index contributed by atoms with van der Waals surface area (Å²) in [7, 11) is 0. The molecular formula is C39H51N11O6. The average Bonchev–Trinajstić information content (AvgIpc) is 3.67. The van der Waals surface area contributed by atoms with Gasteiger partial charge in [-0.2, -0.15) is 0 Å². The van der Waals surface area contributed by atoms with Crippen LogP contribution in [0.2, 0.25) is 0 Å². The van der Waals surface area contributed by atoms with E-state index in [1.165, 1.54) is 17.0 Å². The molecule has 0 saturated carbocycles. The fraction of sp³-hybridized carbons (Fsp3) is 0.410. The van der Waals surface area contributed by atoms with Gasteiger partial charge in [-0.1, -0.05) is 54.6 Å². The molecule has 17 nitrogen and oxygen atoms in total. The number of guanidine groups is 2. The predicted molar refractivity (Wildman–Crippen MR) is 212 cm³/mol. The summed E-state index contributed by atoms with van der Waals surface area (Å²) in [5.41, 5.74) is 23.4. The zero-order valence-electron chi connectivity index (χ0n) is 31.2. The highest BCUT2D eigenvalue weighted by Gasteiger charge is 2.40. The van der Waals surface area contributed by atoms with Gasteiger partial charge in [0.1, 0.15) is 36.0 Å². The van der Waals surface area contributed by atoms with Gasteiger partial charge in [0.05, 0.1) is 0 Å². The van der Waals surface area contributed by atoms with E-state index in [1.54, 1.807) is 12.1 Å². The molecule has 2 aliphatic rings. The quantitative estimate of drug-likeness (QED) is 0.0640.